The van der Waals surface area contributed by atoms with Gasteiger partial charge in [-0.1, -0.05) is 6.07 Å². The first-order chi connectivity index (χ1) is 14.1. The van der Waals surface area contributed by atoms with Crippen molar-refractivity contribution in [2.24, 2.45) is 4.99 Å². The highest BCUT2D eigenvalue weighted by Crippen LogP contribution is 2.31. The van der Waals surface area contributed by atoms with Crippen molar-refractivity contribution >= 4 is 32.9 Å². The molecule has 0 aliphatic carbocycles. The Morgan fingerprint density at radius 2 is 2.10 bits per heavy atom. The lowest BCUT2D eigenvalue weighted by atomic mass is 10.0. The van der Waals surface area contributed by atoms with Gasteiger partial charge in [0.25, 0.3) is 0 Å². The number of benzene rings is 1. The molecule has 2 aromatic rings. The molecular formula is C19H22F3N3O4S. The highest BCUT2D eigenvalue weighted by molar-refractivity contribution is 7.87. The van der Waals surface area contributed by atoms with Gasteiger partial charge in [-0.3, -0.25) is 9.17 Å². The first kappa shape index (κ1) is 22.4. The summed E-state index contributed by atoms with van der Waals surface area (Å²) in [5.41, 5.74) is -2.82. The van der Waals surface area contributed by atoms with E-state index in [4.69, 9.17) is 4.74 Å². The van der Waals surface area contributed by atoms with E-state index in [-0.39, 0.29) is 12.6 Å². The number of halogens is 3. The number of anilines is 1. The minimum Gasteiger partial charge on any atom is -0.369 e. The Kier molecular flexibility index (Phi) is 6.63. The molecular weight excluding hydrogens is 423 g/mol. The second kappa shape index (κ2) is 8.86. The molecule has 2 heterocycles. The molecule has 0 N–H and O–H groups in total. The summed E-state index contributed by atoms with van der Waals surface area (Å²) in [6.45, 7) is 1.72. The van der Waals surface area contributed by atoms with Crippen LogP contribution in [0.3, 0.4) is 0 Å². The molecule has 0 amide bonds. The zero-order valence-electron chi connectivity index (χ0n) is 16.5. The molecule has 7 nitrogen and oxygen atoms in total. The maximum atomic E-state index is 12.5. The van der Waals surface area contributed by atoms with Crippen LogP contribution < -0.4 is 4.90 Å². The molecule has 1 aliphatic rings. The molecule has 1 aliphatic heterocycles. The molecule has 30 heavy (non-hydrogen) atoms. The molecule has 1 fully saturated rings. The smallest absolute Gasteiger partial charge is 0.369 e. The van der Waals surface area contributed by atoms with E-state index in [9.17, 15) is 21.6 Å². The number of fused-ring (bicyclic) bond motifs is 1. The molecule has 1 saturated heterocycles. The maximum Gasteiger partial charge on any atom is 0.523 e. The van der Waals surface area contributed by atoms with E-state index < -0.39 is 28.3 Å². The summed E-state index contributed by atoms with van der Waals surface area (Å²) in [6, 6.07) is 7.59. The summed E-state index contributed by atoms with van der Waals surface area (Å²) in [6.07, 6.45) is 2.92. The third kappa shape index (κ3) is 4.90. The number of morpholine rings is 1. The van der Waals surface area contributed by atoms with Gasteiger partial charge in [0, 0.05) is 50.0 Å². The monoisotopic (exact) mass is 445 g/mol. The molecule has 0 bridgehead atoms. The molecule has 2 atom stereocenters. The fourth-order valence-electron chi connectivity index (χ4n) is 3.41. The Labute approximate surface area is 172 Å². The van der Waals surface area contributed by atoms with Crippen molar-refractivity contribution in [2.45, 2.75) is 31.1 Å². The molecule has 1 aromatic carbocycles. The van der Waals surface area contributed by atoms with Crippen molar-refractivity contribution in [3.05, 3.63) is 36.0 Å². The Hall–Kier alpha value is -2.24. The van der Waals surface area contributed by atoms with E-state index in [1.807, 2.05) is 29.2 Å². The summed E-state index contributed by atoms with van der Waals surface area (Å²) in [7, 11) is -3.97. The lowest BCUT2D eigenvalue weighted by Crippen LogP contribution is -2.49. The van der Waals surface area contributed by atoms with Crippen LogP contribution in [0.1, 0.15) is 12.5 Å². The van der Waals surface area contributed by atoms with Crippen molar-refractivity contribution in [1.82, 2.24) is 4.98 Å². The van der Waals surface area contributed by atoms with Crippen LogP contribution in [-0.4, -0.2) is 64.1 Å². The molecule has 0 spiro atoms. The Morgan fingerprint density at radius 1 is 1.33 bits per heavy atom. The van der Waals surface area contributed by atoms with Crippen molar-refractivity contribution in [2.75, 3.05) is 31.6 Å². The summed E-state index contributed by atoms with van der Waals surface area (Å²) in [5.74, 6) is 0. The van der Waals surface area contributed by atoms with Crippen LogP contribution in [-0.2, 0) is 25.5 Å². The second-order valence-electron chi connectivity index (χ2n) is 6.95. The van der Waals surface area contributed by atoms with Gasteiger partial charge in [0.2, 0.25) is 0 Å². The van der Waals surface area contributed by atoms with E-state index in [2.05, 4.69) is 14.2 Å². The van der Waals surface area contributed by atoms with Gasteiger partial charge >= 0.3 is 15.6 Å². The minimum atomic E-state index is -5.67. The van der Waals surface area contributed by atoms with Crippen LogP contribution in [0.15, 0.2) is 35.5 Å². The molecule has 164 valence electrons. The SMILES string of the molecule is CN=CCc1ccc(N2C[C@H](COS(=O)(=O)C(F)(F)F)O[C@H](C)C2)c2cccnc12. The van der Waals surface area contributed by atoms with Gasteiger partial charge in [0.15, 0.2) is 0 Å². The highest BCUT2D eigenvalue weighted by Gasteiger charge is 2.47. The highest BCUT2D eigenvalue weighted by atomic mass is 32.2. The number of ether oxygens (including phenoxy) is 1. The van der Waals surface area contributed by atoms with Crippen LogP contribution in [0.5, 0.6) is 0 Å². The molecule has 3 rings (SSSR count). The van der Waals surface area contributed by atoms with Gasteiger partial charge in [-0.2, -0.15) is 21.6 Å². The van der Waals surface area contributed by atoms with Crippen molar-refractivity contribution < 1.29 is 30.5 Å². The maximum absolute atomic E-state index is 12.5. The predicted octanol–water partition coefficient (Wildman–Crippen LogP) is 2.94. The third-order valence-corrected chi connectivity index (χ3v) is 5.70. The van der Waals surface area contributed by atoms with Crippen molar-refractivity contribution in [1.29, 1.82) is 0 Å². The van der Waals surface area contributed by atoms with E-state index in [1.165, 1.54) is 0 Å². The van der Waals surface area contributed by atoms with Crippen LogP contribution >= 0.6 is 0 Å². The molecule has 1 aromatic heterocycles. The molecule has 11 heteroatoms. The van der Waals surface area contributed by atoms with Gasteiger partial charge in [0.05, 0.1) is 18.2 Å². The second-order valence-corrected chi connectivity index (χ2v) is 8.55. The number of aliphatic imine (C=N–C) groups is 1. The van der Waals surface area contributed by atoms with Gasteiger partial charge < -0.3 is 14.6 Å². The van der Waals surface area contributed by atoms with Gasteiger partial charge in [-0.05, 0) is 30.7 Å². The number of nitrogens with zero attached hydrogens (tertiary/aromatic N) is 3. The number of aromatic nitrogens is 1. The summed E-state index contributed by atoms with van der Waals surface area (Å²) < 4.78 is 69.8. The van der Waals surface area contributed by atoms with Crippen LogP contribution in [0.25, 0.3) is 10.9 Å². The van der Waals surface area contributed by atoms with Gasteiger partial charge in [0.1, 0.15) is 6.10 Å². The van der Waals surface area contributed by atoms with Crippen LogP contribution in [0.2, 0.25) is 0 Å². The summed E-state index contributed by atoms with van der Waals surface area (Å²) in [4.78, 5) is 10.4. The van der Waals surface area contributed by atoms with Crippen LogP contribution in [0.4, 0.5) is 18.9 Å². The van der Waals surface area contributed by atoms with E-state index in [1.54, 1.807) is 26.4 Å². The average molecular weight is 445 g/mol. The summed E-state index contributed by atoms with van der Waals surface area (Å²) in [5, 5.41) is 0.885. The number of rotatable bonds is 6. The van der Waals surface area contributed by atoms with E-state index in [0.29, 0.717) is 13.0 Å². The Bertz CT molecular complexity index is 1030. The minimum absolute atomic E-state index is 0.178. The third-order valence-electron chi connectivity index (χ3n) is 4.68. The van der Waals surface area contributed by atoms with Crippen LogP contribution in [0, 0.1) is 0 Å². The number of pyridine rings is 1. The lowest BCUT2D eigenvalue weighted by molar-refractivity contribution is -0.0656. The molecule has 0 saturated carbocycles. The standard InChI is InChI=1S/C19H22F3N3O4S/c1-13-10-25(11-15(29-13)12-28-30(26,27)19(20,21)22)17-6-5-14(7-9-23-2)18-16(17)4-3-8-24-18/h3-6,8-9,13,15H,7,10-12H2,1-2H3/t13-,15-/m1/s1. The fraction of sp³-hybridized carbons (Fsp3) is 0.474. The van der Waals surface area contributed by atoms with E-state index in [0.717, 1.165) is 22.2 Å². The van der Waals surface area contributed by atoms with E-state index >= 15 is 0 Å². The van der Waals surface area contributed by atoms with Gasteiger partial charge in [-0.15, -0.1) is 0 Å². The normalized spacial score (nSPS) is 20.9. The first-order valence-corrected chi connectivity index (χ1v) is 10.7. The van der Waals surface area contributed by atoms with Crippen molar-refractivity contribution in [3.63, 3.8) is 0 Å². The first-order valence-electron chi connectivity index (χ1n) is 9.25. The van der Waals surface area contributed by atoms with Gasteiger partial charge in [-0.25, -0.2) is 0 Å². The summed E-state index contributed by atoms with van der Waals surface area (Å²) >= 11 is 0. The lowest BCUT2D eigenvalue weighted by Gasteiger charge is -2.38. The number of hydrogen-bond acceptors (Lipinski definition) is 7. The average Bonchev–Trinajstić information content (AvgIpc) is 2.69. The topological polar surface area (TPSA) is 81.1 Å². The Morgan fingerprint density at radius 3 is 2.80 bits per heavy atom. The fourth-order valence-corrected chi connectivity index (χ4v) is 3.88. The predicted molar refractivity (Wildman–Crippen MR) is 107 cm³/mol. The molecule has 0 radical (unpaired) electrons. The number of hydrogen-bond donors (Lipinski definition) is 0. The quantitative estimate of drug-likeness (QED) is 0.386. The molecule has 0 unspecified atom stereocenters. The zero-order valence-corrected chi connectivity index (χ0v) is 17.3. The zero-order chi connectivity index (χ0) is 21.9. The Balaban J connectivity index is 1.84. The number of alkyl halides is 3. The largest absolute Gasteiger partial charge is 0.523 e. The van der Waals surface area contributed by atoms with Crippen molar-refractivity contribution in [3.8, 4) is 0 Å².